The predicted octanol–water partition coefficient (Wildman–Crippen LogP) is 3.65. The van der Waals surface area contributed by atoms with Crippen molar-refractivity contribution in [3.8, 4) is 0 Å². The number of aryl methyl sites for hydroxylation is 2. The number of ketones is 1. The standard InChI is InChI=1S/C24H28N2O6/c1-24(2)22(30)26(23(31)25(24)3)11-10-15(21(28)29)12-18(27)14-8-9-17-16-6-4-5-7-19(16)32-20(17)13-14/h8-9,13,15H,4-7,10-12H2,1-3H3,(H,28,29)/t15-/m1/s1. The van der Waals surface area contributed by atoms with E-state index in [4.69, 9.17) is 4.42 Å². The zero-order chi connectivity index (χ0) is 23.2. The first-order chi connectivity index (χ1) is 15.1. The third kappa shape index (κ3) is 3.67. The third-order valence-electron chi connectivity index (χ3n) is 6.89. The molecule has 4 rings (SSSR count). The molecule has 1 aromatic carbocycles. The van der Waals surface area contributed by atoms with Crippen LogP contribution in [0.5, 0.6) is 0 Å². The highest BCUT2D eigenvalue weighted by atomic mass is 16.4. The lowest BCUT2D eigenvalue weighted by atomic mass is 9.93. The SMILES string of the molecule is CN1C(=O)N(CC[C@H](CC(=O)c2ccc3c4c(oc3c2)CCCC4)C(=O)O)C(=O)C1(C)C. The Morgan fingerprint density at radius 2 is 1.91 bits per heavy atom. The van der Waals surface area contributed by atoms with E-state index in [1.165, 1.54) is 10.5 Å². The molecule has 0 bridgehead atoms. The minimum absolute atomic E-state index is 0.0137. The van der Waals surface area contributed by atoms with Gasteiger partial charge in [0.25, 0.3) is 5.91 Å². The van der Waals surface area contributed by atoms with E-state index in [9.17, 15) is 24.3 Å². The number of furan rings is 1. The Bertz CT molecular complexity index is 1120. The van der Waals surface area contributed by atoms with Crippen LogP contribution in [0, 0.1) is 5.92 Å². The van der Waals surface area contributed by atoms with E-state index in [1.807, 2.05) is 6.07 Å². The van der Waals surface area contributed by atoms with E-state index >= 15 is 0 Å². The van der Waals surface area contributed by atoms with Gasteiger partial charge in [-0.1, -0.05) is 12.1 Å². The molecule has 0 spiro atoms. The summed E-state index contributed by atoms with van der Waals surface area (Å²) in [6.45, 7) is 3.25. The Labute approximate surface area is 186 Å². The first kappa shape index (κ1) is 22.0. The van der Waals surface area contributed by atoms with Crippen molar-refractivity contribution in [3.63, 3.8) is 0 Å². The number of urea groups is 1. The minimum Gasteiger partial charge on any atom is -0.481 e. The summed E-state index contributed by atoms with van der Waals surface area (Å²) in [5, 5.41) is 10.7. The number of carbonyl (C=O) groups is 4. The second kappa shape index (κ2) is 8.07. The molecule has 2 aliphatic rings. The van der Waals surface area contributed by atoms with Gasteiger partial charge in [-0.25, -0.2) is 4.79 Å². The summed E-state index contributed by atoms with van der Waals surface area (Å²) in [6, 6.07) is 4.84. The van der Waals surface area contributed by atoms with Crippen LogP contribution in [0.4, 0.5) is 4.79 Å². The van der Waals surface area contributed by atoms with Gasteiger partial charge in [0.05, 0.1) is 5.92 Å². The van der Waals surface area contributed by atoms with Gasteiger partial charge in [0.1, 0.15) is 16.9 Å². The Morgan fingerprint density at radius 3 is 2.56 bits per heavy atom. The highest BCUT2D eigenvalue weighted by molar-refractivity contribution is 6.06. The number of rotatable bonds is 7. The van der Waals surface area contributed by atoms with E-state index in [0.29, 0.717) is 11.1 Å². The molecule has 1 saturated heterocycles. The molecule has 1 aliphatic carbocycles. The fraction of sp³-hybridized carbons (Fsp3) is 0.500. The quantitative estimate of drug-likeness (QED) is 0.520. The van der Waals surface area contributed by atoms with E-state index in [1.54, 1.807) is 33.0 Å². The molecule has 8 nitrogen and oxygen atoms in total. The topological polar surface area (TPSA) is 108 Å². The van der Waals surface area contributed by atoms with Crippen LogP contribution in [0.3, 0.4) is 0 Å². The van der Waals surface area contributed by atoms with Crippen molar-refractivity contribution in [1.29, 1.82) is 0 Å². The van der Waals surface area contributed by atoms with Crippen LogP contribution in [-0.4, -0.2) is 57.7 Å². The first-order valence-electron chi connectivity index (χ1n) is 11.0. The Kier molecular flexibility index (Phi) is 5.56. The number of imide groups is 1. The number of amides is 3. The second-order valence-corrected chi connectivity index (χ2v) is 9.23. The number of fused-ring (bicyclic) bond motifs is 3. The van der Waals surface area contributed by atoms with Gasteiger partial charge in [-0.15, -0.1) is 0 Å². The molecule has 1 atom stereocenters. The number of likely N-dealkylation sites (N-methyl/N-ethyl adjacent to an activating group) is 1. The summed E-state index contributed by atoms with van der Waals surface area (Å²) < 4.78 is 5.95. The molecule has 0 saturated carbocycles. The van der Waals surface area contributed by atoms with Crippen molar-refractivity contribution in [3.05, 3.63) is 35.1 Å². The molecule has 0 radical (unpaired) electrons. The number of Topliss-reactive ketones (excluding diaryl/α,β-unsaturated/α-hetero) is 1. The van der Waals surface area contributed by atoms with E-state index in [-0.39, 0.29) is 31.1 Å². The lowest BCUT2D eigenvalue weighted by Gasteiger charge is -2.22. The first-order valence-corrected chi connectivity index (χ1v) is 11.0. The number of carboxylic acid groups (broad SMARTS) is 1. The van der Waals surface area contributed by atoms with Gasteiger partial charge >= 0.3 is 12.0 Å². The molecule has 1 aromatic heterocycles. The number of nitrogens with zero attached hydrogens (tertiary/aromatic N) is 2. The molecule has 170 valence electrons. The molecule has 1 fully saturated rings. The van der Waals surface area contributed by atoms with Gasteiger partial charge in [0.2, 0.25) is 0 Å². The van der Waals surface area contributed by atoms with Crippen molar-refractivity contribution >= 4 is 34.7 Å². The maximum atomic E-state index is 12.9. The fourth-order valence-electron chi connectivity index (χ4n) is 4.55. The Morgan fingerprint density at radius 1 is 1.19 bits per heavy atom. The Hall–Kier alpha value is -3.16. The van der Waals surface area contributed by atoms with Gasteiger partial charge in [-0.2, -0.15) is 0 Å². The van der Waals surface area contributed by atoms with Crippen molar-refractivity contribution in [2.24, 2.45) is 5.92 Å². The van der Waals surface area contributed by atoms with Crippen molar-refractivity contribution in [2.75, 3.05) is 13.6 Å². The number of carboxylic acids is 1. The monoisotopic (exact) mass is 440 g/mol. The maximum absolute atomic E-state index is 12.9. The van der Waals surface area contributed by atoms with Crippen molar-refractivity contribution < 1.29 is 28.7 Å². The average molecular weight is 440 g/mol. The van der Waals surface area contributed by atoms with Gasteiger partial charge in [-0.3, -0.25) is 19.3 Å². The molecule has 2 heterocycles. The normalized spacial score (nSPS) is 18.8. The highest BCUT2D eigenvalue weighted by Crippen LogP contribution is 2.33. The smallest absolute Gasteiger partial charge is 0.327 e. The second-order valence-electron chi connectivity index (χ2n) is 9.23. The molecular formula is C24H28N2O6. The molecular weight excluding hydrogens is 412 g/mol. The van der Waals surface area contributed by atoms with Crippen LogP contribution in [0.15, 0.2) is 22.6 Å². The summed E-state index contributed by atoms with van der Waals surface area (Å²) in [5.74, 6) is -1.82. The number of benzene rings is 1. The zero-order valence-corrected chi connectivity index (χ0v) is 18.6. The molecule has 1 N–H and O–H groups in total. The van der Waals surface area contributed by atoms with Gasteiger partial charge in [0, 0.05) is 42.9 Å². The van der Waals surface area contributed by atoms with Crippen LogP contribution < -0.4 is 0 Å². The zero-order valence-electron chi connectivity index (χ0n) is 18.6. The number of carbonyl (C=O) groups excluding carboxylic acids is 3. The summed E-state index contributed by atoms with van der Waals surface area (Å²) in [4.78, 5) is 52.0. The summed E-state index contributed by atoms with van der Waals surface area (Å²) >= 11 is 0. The van der Waals surface area contributed by atoms with Crippen LogP contribution >= 0.6 is 0 Å². The largest absolute Gasteiger partial charge is 0.481 e. The van der Waals surface area contributed by atoms with Crippen LogP contribution in [0.2, 0.25) is 0 Å². The molecule has 8 heteroatoms. The molecule has 0 unspecified atom stereocenters. The summed E-state index contributed by atoms with van der Waals surface area (Å²) in [6.07, 6.45) is 3.88. The number of hydrogen-bond acceptors (Lipinski definition) is 5. The average Bonchev–Trinajstić information content (AvgIpc) is 3.20. The van der Waals surface area contributed by atoms with Crippen LogP contribution in [0.1, 0.15) is 61.2 Å². The lowest BCUT2D eigenvalue weighted by Crippen LogP contribution is -2.41. The van der Waals surface area contributed by atoms with Gasteiger partial charge in [0.15, 0.2) is 5.78 Å². The number of hydrogen-bond donors (Lipinski definition) is 1. The molecule has 32 heavy (non-hydrogen) atoms. The predicted molar refractivity (Wildman–Crippen MR) is 116 cm³/mol. The van der Waals surface area contributed by atoms with E-state index in [2.05, 4.69) is 0 Å². The Balaban J connectivity index is 1.46. The lowest BCUT2D eigenvalue weighted by molar-refractivity contribution is -0.142. The van der Waals surface area contributed by atoms with Crippen LogP contribution in [0.25, 0.3) is 11.0 Å². The minimum atomic E-state index is -1.13. The van der Waals surface area contributed by atoms with Crippen molar-refractivity contribution in [1.82, 2.24) is 9.80 Å². The van der Waals surface area contributed by atoms with E-state index < -0.39 is 23.5 Å². The van der Waals surface area contributed by atoms with Crippen LogP contribution in [-0.2, 0) is 22.4 Å². The fourth-order valence-corrected chi connectivity index (χ4v) is 4.55. The number of aliphatic carboxylic acids is 1. The third-order valence-corrected chi connectivity index (χ3v) is 6.89. The maximum Gasteiger partial charge on any atom is 0.327 e. The molecule has 1 aliphatic heterocycles. The summed E-state index contributed by atoms with van der Waals surface area (Å²) in [7, 11) is 1.54. The molecule has 3 amide bonds. The molecule has 2 aromatic rings. The van der Waals surface area contributed by atoms with E-state index in [0.717, 1.165) is 41.7 Å². The van der Waals surface area contributed by atoms with Gasteiger partial charge in [-0.05, 0) is 45.6 Å². The highest BCUT2D eigenvalue weighted by Gasteiger charge is 2.49. The van der Waals surface area contributed by atoms with Crippen molar-refractivity contribution in [2.45, 2.75) is 57.9 Å². The van der Waals surface area contributed by atoms with Gasteiger partial charge < -0.3 is 14.4 Å². The summed E-state index contributed by atoms with van der Waals surface area (Å²) in [5.41, 5.74) is 1.31.